The summed E-state index contributed by atoms with van der Waals surface area (Å²) in [6.45, 7) is 6.07. The van der Waals surface area contributed by atoms with Crippen LogP contribution in [0.2, 0.25) is 0 Å². The summed E-state index contributed by atoms with van der Waals surface area (Å²) >= 11 is 1.49. The minimum Gasteiger partial charge on any atom is -0.231 e. The van der Waals surface area contributed by atoms with Gasteiger partial charge in [0, 0.05) is 43.8 Å². The van der Waals surface area contributed by atoms with Crippen molar-refractivity contribution in [3.63, 3.8) is 0 Å². The molecular formula is C49H28N8S. The summed E-state index contributed by atoms with van der Waals surface area (Å²) in [6.07, 6.45) is 5.86. The van der Waals surface area contributed by atoms with Gasteiger partial charge in [-0.1, -0.05) is 97.6 Å². The Morgan fingerprint density at radius 2 is 0.879 bits per heavy atom. The summed E-state index contributed by atoms with van der Waals surface area (Å²) in [6, 6.07) is 42.9. The molecule has 58 heavy (non-hydrogen) atoms. The summed E-state index contributed by atoms with van der Waals surface area (Å²) in [4.78, 5) is 32.5. The molecule has 2 aromatic heterocycles. The van der Waals surface area contributed by atoms with Crippen LogP contribution in [0.3, 0.4) is 0 Å². The third kappa shape index (κ3) is 4.41. The Balaban J connectivity index is 1.25. The molecule has 13 rings (SSSR count). The van der Waals surface area contributed by atoms with Gasteiger partial charge < -0.3 is 0 Å². The molecule has 4 aliphatic rings. The standard InChI is InChI=1S/C49H28N8S/c1-3-4-11-27-19-39-38(18-26(27)2)46-52-42-34-20-28-12-5-6-13-29(28)21-35(34)44(50-42)54-48-40-24-32-16-9-10-17-33(32)25-41(40)49-55-45-37-23-31-15-8-7-14-30(31)22-36(37)43(51-45)53-47(39)56(46)58-57(48)49/h3-25H,1H2,2H3/b11-4-,52-42?,52-46?,53-43?,53-47?,54-44?,54-48?,55-45?,55-49?. The molecule has 0 saturated heterocycles. The zero-order valence-corrected chi connectivity index (χ0v) is 31.8. The predicted molar refractivity (Wildman–Crippen MR) is 239 cm³/mol. The number of aromatic nitrogens is 2. The molecule has 0 saturated carbocycles. The number of hydrogen-bond donors (Lipinski definition) is 0. The predicted octanol–water partition coefficient (Wildman–Crippen LogP) is 10.5. The van der Waals surface area contributed by atoms with E-state index in [-0.39, 0.29) is 0 Å². The van der Waals surface area contributed by atoms with Crippen molar-refractivity contribution in [3.05, 3.63) is 184 Å². The first-order chi connectivity index (χ1) is 28.6. The van der Waals surface area contributed by atoms with E-state index in [2.05, 4.69) is 149 Å². The van der Waals surface area contributed by atoms with E-state index in [1.807, 2.05) is 6.08 Å². The van der Waals surface area contributed by atoms with E-state index in [1.54, 1.807) is 6.08 Å². The molecular weight excluding hydrogens is 733 g/mol. The van der Waals surface area contributed by atoms with Crippen LogP contribution in [0.15, 0.2) is 170 Å². The second-order valence-corrected chi connectivity index (χ2v) is 15.9. The molecule has 8 nitrogen and oxygen atoms in total. The largest absolute Gasteiger partial charge is 0.231 e. The van der Waals surface area contributed by atoms with Crippen LogP contribution in [0.4, 0.5) is 11.6 Å². The zero-order valence-electron chi connectivity index (χ0n) is 31.0. The van der Waals surface area contributed by atoms with E-state index >= 15 is 0 Å². The van der Waals surface area contributed by atoms with E-state index in [0.29, 0.717) is 23.3 Å². The van der Waals surface area contributed by atoms with Crippen molar-refractivity contribution < 1.29 is 0 Å². The number of fused-ring (bicyclic) bond motifs is 17. The van der Waals surface area contributed by atoms with Gasteiger partial charge in [-0.05, 0) is 98.9 Å². The summed E-state index contributed by atoms with van der Waals surface area (Å²) in [5.74, 6) is 3.88. The fraction of sp³-hybridized carbons (Fsp3) is 0.0204. The molecule has 0 aliphatic carbocycles. The number of amidine groups is 4. The molecule has 4 aliphatic heterocycles. The molecule has 0 unspecified atom stereocenters. The van der Waals surface area contributed by atoms with Crippen LogP contribution in [0.25, 0.3) is 59.9 Å². The molecule has 0 N–H and O–H groups in total. The van der Waals surface area contributed by atoms with Crippen LogP contribution < -0.4 is 11.0 Å². The molecule has 270 valence electrons. The van der Waals surface area contributed by atoms with Crippen molar-refractivity contribution in [2.45, 2.75) is 6.92 Å². The smallest absolute Gasteiger partial charge is 0.164 e. The average molecular weight is 761 g/mol. The fourth-order valence-corrected chi connectivity index (χ4v) is 9.79. The first-order valence-electron chi connectivity index (χ1n) is 19.2. The minimum absolute atomic E-state index is 0.605. The van der Waals surface area contributed by atoms with Crippen LogP contribution >= 0.6 is 12.1 Å². The molecule has 9 aromatic rings. The van der Waals surface area contributed by atoms with Gasteiger partial charge in [0.15, 0.2) is 46.0 Å². The van der Waals surface area contributed by atoms with Crippen molar-refractivity contribution in [3.8, 4) is 0 Å². The number of aliphatic imine (C=N–C) groups is 4. The van der Waals surface area contributed by atoms with E-state index < -0.39 is 0 Å². The topological polar surface area (TPSA) is 84.0 Å². The second kappa shape index (κ2) is 11.5. The van der Waals surface area contributed by atoms with Gasteiger partial charge in [0.25, 0.3) is 0 Å². The number of rotatable bonds is 2. The molecule has 7 aromatic carbocycles. The van der Waals surface area contributed by atoms with E-state index in [4.69, 9.17) is 30.0 Å². The lowest BCUT2D eigenvalue weighted by Crippen LogP contribution is -2.26. The lowest BCUT2D eigenvalue weighted by Gasteiger charge is -2.10. The highest BCUT2D eigenvalue weighted by molar-refractivity contribution is 7.96. The summed E-state index contributed by atoms with van der Waals surface area (Å²) in [5, 5.41) is 10.5. The summed E-state index contributed by atoms with van der Waals surface area (Å²) in [5.41, 5.74) is 7.38. The monoisotopic (exact) mass is 760 g/mol. The maximum absolute atomic E-state index is 5.50. The van der Waals surface area contributed by atoms with Gasteiger partial charge in [-0.3, -0.25) is 0 Å². The van der Waals surface area contributed by atoms with E-state index in [1.165, 1.54) is 12.1 Å². The molecule has 0 radical (unpaired) electrons. The highest BCUT2D eigenvalue weighted by Gasteiger charge is 2.31. The van der Waals surface area contributed by atoms with Gasteiger partial charge in [-0.15, -0.1) is 0 Å². The first kappa shape index (κ1) is 31.7. The fourth-order valence-electron chi connectivity index (χ4n) is 8.76. The SMILES string of the molecule is C=C/C=C\c1cc2c3n4c(c2cc1C)N=C1N=C(N=c2c5cc6ccccc6cc5c(n2S4)=NC2=NC(=N3)c3cc4ccccc4cc32)c2cc3ccccc3cc21. The van der Waals surface area contributed by atoms with Gasteiger partial charge in [0.05, 0.1) is 12.1 Å². The number of nitrogens with zero attached hydrogens (tertiary/aromatic N) is 8. The first-order valence-corrected chi connectivity index (χ1v) is 19.9. The van der Waals surface area contributed by atoms with Crippen molar-refractivity contribution in [2.75, 3.05) is 0 Å². The molecule has 0 atom stereocenters. The summed E-state index contributed by atoms with van der Waals surface area (Å²) in [7, 11) is 0. The number of hydrogen-bond acceptors (Lipinski definition) is 7. The number of aryl methyl sites for hydroxylation is 1. The van der Waals surface area contributed by atoms with Crippen molar-refractivity contribution in [1.82, 2.24) is 7.94 Å². The number of benzene rings is 7. The minimum atomic E-state index is 0.605. The normalized spacial score (nSPS) is 14.9. The molecule has 6 bridgehead atoms. The Morgan fingerprint density at radius 3 is 1.33 bits per heavy atom. The van der Waals surface area contributed by atoms with E-state index in [0.717, 1.165) is 110 Å². The van der Waals surface area contributed by atoms with Gasteiger partial charge in [0.2, 0.25) is 0 Å². The lowest BCUT2D eigenvalue weighted by atomic mass is 10.0. The van der Waals surface area contributed by atoms with Crippen molar-refractivity contribution in [1.29, 1.82) is 0 Å². The van der Waals surface area contributed by atoms with Gasteiger partial charge >= 0.3 is 0 Å². The second-order valence-electron chi connectivity index (χ2n) is 15.0. The summed E-state index contributed by atoms with van der Waals surface area (Å²) < 4.78 is 4.26. The third-order valence-electron chi connectivity index (χ3n) is 11.6. The molecule has 0 spiro atoms. The van der Waals surface area contributed by atoms with Crippen LogP contribution in [-0.4, -0.2) is 31.3 Å². The highest BCUT2D eigenvalue weighted by atomic mass is 32.2. The van der Waals surface area contributed by atoms with Crippen molar-refractivity contribution in [2.24, 2.45) is 30.0 Å². The lowest BCUT2D eigenvalue weighted by molar-refractivity contribution is 1.05. The third-order valence-corrected chi connectivity index (χ3v) is 12.6. The Labute approximate surface area is 334 Å². The number of allylic oxidation sites excluding steroid dienone is 2. The zero-order chi connectivity index (χ0) is 38.2. The average Bonchev–Trinajstić information content (AvgIpc) is 3.92. The van der Waals surface area contributed by atoms with Gasteiger partial charge in [0.1, 0.15) is 0 Å². The molecule has 0 fully saturated rings. The van der Waals surface area contributed by atoms with Crippen molar-refractivity contribution >= 4 is 107 Å². The quantitative estimate of drug-likeness (QED) is 0.162. The van der Waals surface area contributed by atoms with Gasteiger partial charge in [-0.2, -0.15) is 0 Å². The Bertz CT molecular complexity index is 3680. The van der Waals surface area contributed by atoms with Crippen LogP contribution in [0, 0.1) is 6.92 Å². The maximum Gasteiger partial charge on any atom is 0.164 e. The Morgan fingerprint density at radius 1 is 0.466 bits per heavy atom. The van der Waals surface area contributed by atoms with Crippen LogP contribution in [-0.2, 0) is 0 Å². The van der Waals surface area contributed by atoms with Crippen LogP contribution in [0.5, 0.6) is 0 Å². The van der Waals surface area contributed by atoms with Crippen LogP contribution in [0.1, 0.15) is 33.4 Å². The Kier molecular flexibility index (Phi) is 6.30. The Hall–Kier alpha value is -7.49. The molecule has 9 heteroatoms. The van der Waals surface area contributed by atoms with Gasteiger partial charge in [-0.25, -0.2) is 37.9 Å². The molecule has 0 amide bonds. The highest BCUT2D eigenvalue weighted by Crippen LogP contribution is 2.45. The molecule has 6 heterocycles. The van der Waals surface area contributed by atoms with E-state index in [9.17, 15) is 0 Å². The maximum atomic E-state index is 5.50.